The van der Waals surface area contributed by atoms with Gasteiger partial charge in [-0.3, -0.25) is 4.79 Å². The number of aryl methyl sites for hydroxylation is 1. The minimum Gasteiger partial charge on any atom is -0.491 e. The lowest BCUT2D eigenvalue weighted by atomic mass is 9.77. The Hall–Kier alpha value is -2.70. The zero-order valence-electron chi connectivity index (χ0n) is 21.6. The van der Waals surface area contributed by atoms with Crippen LogP contribution in [-0.2, 0) is 24.4 Å². The summed E-state index contributed by atoms with van der Waals surface area (Å²) in [6.07, 6.45) is -0.700. The second kappa shape index (κ2) is 13.4. The molecular weight excluding hydrogens is 468 g/mol. The van der Waals surface area contributed by atoms with Crippen LogP contribution in [-0.4, -0.2) is 51.0 Å². The highest BCUT2D eigenvalue weighted by Gasteiger charge is 2.24. The van der Waals surface area contributed by atoms with Crippen LogP contribution in [0.3, 0.4) is 0 Å². The van der Waals surface area contributed by atoms with Crippen LogP contribution >= 0.6 is 11.6 Å². The normalized spacial score (nSPS) is 13.0. The Morgan fingerprint density at radius 2 is 1.57 bits per heavy atom. The molecule has 0 spiro atoms. The predicted octanol–water partition coefficient (Wildman–Crippen LogP) is 5.81. The topological polar surface area (TPSA) is 63.2 Å². The Labute approximate surface area is 214 Å². The van der Waals surface area contributed by atoms with Gasteiger partial charge in [-0.2, -0.15) is 0 Å². The molecule has 0 aliphatic heterocycles. The Bertz CT molecular complexity index is 970. The van der Waals surface area contributed by atoms with Crippen molar-refractivity contribution in [1.82, 2.24) is 0 Å². The molecular formula is C28H37ClO6. The lowest BCUT2D eigenvalue weighted by molar-refractivity contribution is -0.150. The smallest absolute Gasteiger partial charge is 0.303 e. The average Bonchev–Trinajstić information content (AvgIpc) is 2.80. The molecule has 2 aromatic rings. The van der Waals surface area contributed by atoms with Crippen molar-refractivity contribution < 1.29 is 28.5 Å². The van der Waals surface area contributed by atoms with Gasteiger partial charge >= 0.3 is 5.97 Å². The number of methoxy groups -OCH3 is 1. The molecule has 2 atom stereocenters. The summed E-state index contributed by atoms with van der Waals surface area (Å²) >= 11 is 5.97. The van der Waals surface area contributed by atoms with E-state index in [0.717, 1.165) is 22.4 Å². The van der Waals surface area contributed by atoms with Gasteiger partial charge in [-0.15, -0.1) is 11.6 Å². The van der Waals surface area contributed by atoms with Gasteiger partial charge in [0.05, 0.1) is 18.2 Å². The van der Waals surface area contributed by atoms with Crippen molar-refractivity contribution in [2.75, 3.05) is 32.8 Å². The largest absolute Gasteiger partial charge is 0.491 e. The second-order valence-electron chi connectivity index (χ2n) is 9.03. The summed E-state index contributed by atoms with van der Waals surface area (Å²) in [5, 5.41) is 0. The number of hydrogen-bond acceptors (Lipinski definition) is 6. The van der Waals surface area contributed by atoms with Crippen LogP contribution < -0.4 is 9.47 Å². The summed E-state index contributed by atoms with van der Waals surface area (Å²) in [7, 11) is 1.56. The van der Waals surface area contributed by atoms with E-state index in [1.54, 1.807) is 14.0 Å². The predicted molar refractivity (Wildman–Crippen MR) is 139 cm³/mol. The van der Waals surface area contributed by atoms with E-state index in [0.29, 0.717) is 24.0 Å². The molecule has 0 aromatic heterocycles. The zero-order chi connectivity index (χ0) is 26.0. The van der Waals surface area contributed by atoms with Crippen molar-refractivity contribution in [2.24, 2.45) is 0 Å². The number of rotatable bonds is 14. The Kier molecular flexibility index (Phi) is 10.9. The highest BCUT2D eigenvalue weighted by atomic mass is 35.5. The fraction of sp³-hybridized carbons (Fsp3) is 0.464. The number of benzene rings is 2. The maximum Gasteiger partial charge on any atom is 0.303 e. The highest BCUT2D eigenvalue weighted by molar-refractivity contribution is 6.18. The van der Waals surface area contributed by atoms with E-state index in [9.17, 15) is 4.79 Å². The van der Waals surface area contributed by atoms with Crippen LogP contribution in [0.1, 0.15) is 44.4 Å². The molecule has 35 heavy (non-hydrogen) atoms. The maximum atomic E-state index is 11.2. The molecule has 6 nitrogen and oxygen atoms in total. The molecule has 0 bridgehead atoms. The van der Waals surface area contributed by atoms with Crippen molar-refractivity contribution in [3.63, 3.8) is 0 Å². The fourth-order valence-electron chi connectivity index (χ4n) is 3.64. The van der Waals surface area contributed by atoms with E-state index in [2.05, 4.69) is 32.6 Å². The third kappa shape index (κ3) is 8.79. The number of esters is 1. The van der Waals surface area contributed by atoms with Gasteiger partial charge in [-0.1, -0.05) is 44.7 Å². The number of halogens is 1. The third-order valence-corrected chi connectivity index (χ3v) is 5.90. The maximum absolute atomic E-state index is 11.2. The van der Waals surface area contributed by atoms with Crippen molar-refractivity contribution >= 4 is 17.6 Å². The number of carbonyl (C=O) groups is 1. The molecule has 0 N–H and O–H groups in total. The summed E-state index contributed by atoms with van der Waals surface area (Å²) in [4.78, 5) is 11.2. The van der Waals surface area contributed by atoms with Gasteiger partial charge in [-0.25, -0.2) is 0 Å². The lowest BCUT2D eigenvalue weighted by Gasteiger charge is -2.27. The van der Waals surface area contributed by atoms with Gasteiger partial charge in [-0.05, 0) is 48.7 Å². The van der Waals surface area contributed by atoms with Crippen LogP contribution in [0.2, 0.25) is 0 Å². The highest BCUT2D eigenvalue weighted by Crippen LogP contribution is 2.34. The van der Waals surface area contributed by atoms with Gasteiger partial charge in [0, 0.05) is 19.4 Å². The standard InChI is InChI=1S/C28H37ClO6/c1-19(2)34-25(15-29)17-33-27-13-10-23(14-20(27)3)28(5,6)22-8-11-24(12-9-22)32-18-26(16-31-7)35-21(4)30/h8-14,25-26H,1,15-18H2,2-7H3. The van der Waals surface area contributed by atoms with Crippen molar-refractivity contribution in [3.8, 4) is 11.5 Å². The summed E-state index contributed by atoms with van der Waals surface area (Å²) in [6, 6.07) is 14.2. The first-order chi connectivity index (χ1) is 16.6. The van der Waals surface area contributed by atoms with Gasteiger partial charge in [0.2, 0.25) is 0 Å². The Morgan fingerprint density at radius 1 is 0.943 bits per heavy atom. The molecule has 192 valence electrons. The van der Waals surface area contributed by atoms with Crippen LogP contribution in [0.15, 0.2) is 54.8 Å². The van der Waals surface area contributed by atoms with Crippen LogP contribution in [0.4, 0.5) is 0 Å². The van der Waals surface area contributed by atoms with Crippen LogP contribution in [0.25, 0.3) is 0 Å². The number of hydrogen-bond donors (Lipinski definition) is 0. The quantitative estimate of drug-likeness (QED) is 0.184. The molecule has 0 saturated carbocycles. The first-order valence-corrected chi connectivity index (χ1v) is 12.1. The van der Waals surface area contributed by atoms with E-state index < -0.39 is 6.10 Å². The minimum atomic E-state index is -0.454. The van der Waals surface area contributed by atoms with E-state index in [1.165, 1.54) is 6.92 Å². The minimum absolute atomic E-state index is 0.221. The molecule has 2 unspecified atom stereocenters. The fourth-order valence-corrected chi connectivity index (χ4v) is 3.79. The van der Waals surface area contributed by atoms with E-state index >= 15 is 0 Å². The van der Waals surface area contributed by atoms with E-state index in [4.69, 9.17) is 35.3 Å². The zero-order valence-corrected chi connectivity index (χ0v) is 22.3. The Morgan fingerprint density at radius 3 is 2.11 bits per heavy atom. The lowest BCUT2D eigenvalue weighted by Crippen LogP contribution is -2.28. The summed E-state index contributed by atoms with van der Waals surface area (Å²) in [5.74, 6) is 2.07. The number of allylic oxidation sites excluding steroid dienone is 1. The molecule has 0 aliphatic rings. The Balaban J connectivity index is 2.06. The molecule has 2 aromatic carbocycles. The third-order valence-electron chi connectivity index (χ3n) is 5.56. The van der Waals surface area contributed by atoms with Crippen molar-refractivity contribution in [2.45, 2.75) is 52.2 Å². The molecule has 0 aliphatic carbocycles. The van der Waals surface area contributed by atoms with E-state index in [-0.39, 0.29) is 30.7 Å². The summed E-state index contributed by atoms with van der Waals surface area (Å²) in [6.45, 7) is 14.2. The molecule has 0 amide bonds. The first kappa shape index (κ1) is 28.5. The number of alkyl halides is 1. The van der Waals surface area contributed by atoms with Crippen LogP contribution in [0.5, 0.6) is 11.5 Å². The molecule has 0 radical (unpaired) electrons. The second-order valence-corrected chi connectivity index (χ2v) is 9.34. The summed E-state index contributed by atoms with van der Waals surface area (Å²) in [5.41, 5.74) is 3.11. The number of carbonyl (C=O) groups excluding carboxylic acids is 1. The molecule has 2 rings (SSSR count). The summed E-state index contributed by atoms with van der Waals surface area (Å²) < 4.78 is 27.6. The van der Waals surface area contributed by atoms with E-state index in [1.807, 2.05) is 37.3 Å². The molecule has 0 fully saturated rings. The first-order valence-electron chi connectivity index (χ1n) is 11.6. The monoisotopic (exact) mass is 504 g/mol. The van der Waals surface area contributed by atoms with Gasteiger partial charge in [0.25, 0.3) is 0 Å². The molecule has 0 saturated heterocycles. The van der Waals surface area contributed by atoms with Crippen molar-refractivity contribution in [1.29, 1.82) is 0 Å². The van der Waals surface area contributed by atoms with Gasteiger partial charge in [0.1, 0.15) is 30.8 Å². The van der Waals surface area contributed by atoms with Crippen molar-refractivity contribution in [3.05, 3.63) is 71.5 Å². The van der Waals surface area contributed by atoms with Crippen LogP contribution in [0, 0.1) is 6.92 Å². The number of ether oxygens (including phenoxy) is 5. The van der Waals surface area contributed by atoms with Gasteiger partial charge in [0.15, 0.2) is 6.10 Å². The molecule has 0 heterocycles. The molecule has 7 heteroatoms. The van der Waals surface area contributed by atoms with Gasteiger partial charge < -0.3 is 23.7 Å². The SMILES string of the molecule is C=C(C)OC(CCl)COc1ccc(C(C)(C)c2ccc(OCC(COC)OC(C)=O)cc2)cc1C. The average molecular weight is 505 g/mol.